The second-order valence-electron chi connectivity index (χ2n) is 2.30. The van der Waals surface area contributed by atoms with E-state index < -0.39 is 23.3 Å². The zero-order valence-electron chi connectivity index (χ0n) is 5.76. The summed E-state index contributed by atoms with van der Waals surface area (Å²) in [5.74, 6) is -2.70. The highest BCUT2D eigenvalue weighted by Gasteiger charge is 2.36. The van der Waals surface area contributed by atoms with Gasteiger partial charge in [-0.3, -0.25) is 14.4 Å². The molecule has 0 fully saturated rings. The van der Waals surface area contributed by atoms with Gasteiger partial charge in [-0.2, -0.15) is 0 Å². The van der Waals surface area contributed by atoms with Crippen molar-refractivity contribution in [1.29, 1.82) is 0 Å². The van der Waals surface area contributed by atoms with E-state index in [2.05, 4.69) is 0 Å². The molecule has 1 atom stereocenters. The molecule has 3 nitrogen and oxygen atoms in total. The van der Waals surface area contributed by atoms with Crippen LogP contribution in [0.4, 0.5) is 0 Å². The third kappa shape index (κ3) is 1.24. The Balaban J connectivity index is 2.99. The molecule has 0 saturated carbocycles. The standard InChI is InChI=1S/C7H5ClO3/c1-3(9)6-5(10)2-4(8)7(6)11/h2,6H,1H3. The van der Waals surface area contributed by atoms with E-state index in [1.54, 1.807) is 0 Å². The molecule has 0 N–H and O–H groups in total. The van der Waals surface area contributed by atoms with Crippen molar-refractivity contribution in [3.05, 3.63) is 11.1 Å². The van der Waals surface area contributed by atoms with Gasteiger partial charge in [0.1, 0.15) is 11.7 Å². The van der Waals surface area contributed by atoms with Gasteiger partial charge in [-0.25, -0.2) is 0 Å². The number of carbonyl (C=O) groups excluding carboxylic acids is 3. The third-order valence-electron chi connectivity index (χ3n) is 1.46. The number of hydrogen-bond donors (Lipinski definition) is 0. The molecule has 11 heavy (non-hydrogen) atoms. The number of allylic oxidation sites excluding steroid dienone is 2. The van der Waals surface area contributed by atoms with Crippen molar-refractivity contribution < 1.29 is 14.4 Å². The molecule has 0 amide bonds. The molecule has 0 aromatic rings. The number of hydrogen-bond acceptors (Lipinski definition) is 3. The van der Waals surface area contributed by atoms with Crippen molar-refractivity contribution in [1.82, 2.24) is 0 Å². The summed E-state index contributed by atoms with van der Waals surface area (Å²) >= 11 is 5.33. The Kier molecular flexibility index (Phi) is 1.91. The van der Waals surface area contributed by atoms with Crippen LogP contribution in [0.3, 0.4) is 0 Å². The second-order valence-corrected chi connectivity index (χ2v) is 2.71. The van der Waals surface area contributed by atoms with E-state index in [0.717, 1.165) is 6.08 Å². The zero-order chi connectivity index (χ0) is 8.59. The first-order chi connectivity index (χ1) is 5.04. The molecular formula is C7H5ClO3. The molecule has 0 aromatic heterocycles. The Morgan fingerprint density at radius 1 is 1.55 bits per heavy atom. The van der Waals surface area contributed by atoms with Crippen LogP contribution >= 0.6 is 11.6 Å². The van der Waals surface area contributed by atoms with E-state index in [1.807, 2.05) is 0 Å². The molecule has 58 valence electrons. The minimum Gasteiger partial charge on any atom is -0.299 e. The average molecular weight is 173 g/mol. The first-order valence-electron chi connectivity index (χ1n) is 2.99. The van der Waals surface area contributed by atoms with Crippen LogP contribution in [0, 0.1) is 5.92 Å². The van der Waals surface area contributed by atoms with Crippen LogP contribution in [0.2, 0.25) is 0 Å². The Bertz CT molecular complexity index is 277. The molecule has 0 heterocycles. The van der Waals surface area contributed by atoms with Crippen LogP contribution in [-0.4, -0.2) is 17.3 Å². The fourth-order valence-corrected chi connectivity index (χ4v) is 1.15. The highest BCUT2D eigenvalue weighted by Crippen LogP contribution is 2.21. The molecule has 4 heteroatoms. The highest BCUT2D eigenvalue weighted by molar-refractivity contribution is 6.51. The second kappa shape index (κ2) is 2.58. The molecule has 1 rings (SSSR count). The van der Waals surface area contributed by atoms with Gasteiger partial charge >= 0.3 is 0 Å². The van der Waals surface area contributed by atoms with Crippen molar-refractivity contribution >= 4 is 29.0 Å². The van der Waals surface area contributed by atoms with Crippen molar-refractivity contribution in [2.45, 2.75) is 6.92 Å². The van der Waals surface area contributed by atoms with E-state index in [4.69, 9.17) is 11.6 Å². The monoisotopic (exact) mass is 172 g/mol. The first-order valence-corrected chi connectivity index (χ1v) is 3.37. The predicted molar refractivity (Wildman–Crippen MR) is 38.1 cm³/mol. The third-order valence-corrected chi connectivity index (χ3v) is 1.75. The molecule has 0 bridgehead atoms. The number of ketones is 3. The predicted octanol–water partition coefficient (Wildman–Crippen LogP) is 0.466. The fraction of sp³-hybridized carbons (Fsp3) is 0.286. The van der Waals surface area contributed by atoms with Crippen molar-refractivity contribution in [3.63, 3.8) is 0 Å². The SMILES string of the molecule is CC(=O)C1C(=O)C=C(Cl)C1=O. The van der Waals surface area contributed by atoms with Gasteiger partial charge < -0.3 is 0 Å². The maximum absolute atomic E-state index is 10.9. The summed E-state index contributed by atoms with van der Waals surface area (Å²) in [7, 11) is 0. The lowest BCUT2D eigenvalue weighted by Crippen LogP contribution is -2.23. The van der Waals surface area contributed by atoms with E-state index in [9.17, 15) is 14.4 Å². The Hall–Kier alpha value is -0.960. The molecule has 1 aliphatic rings. The number of Topliss-reactive ketones (excluding diaryl/α,β-unsaturated/α-hetero) is 2. The lowest BCUT2D eigenvalue weighted by atomic mass is 10.0. The maximum Gasteiger partial charge on any atom is 0.192 e. The van der Waals surface area contributed by atoms with Crippen LogP contribution in [-0.2, 0) is 14.4 Å². The molecule has 0 aromatic carbocycles. The molecule has 1 aliphatic carbocycles. The Labute approximate surface area is 68.0 Å². The van der Waals surface area contributed by atoms with Crippen LogP contribution in [0.1, 0.15) is 6.92 Å². The van der Waals surface area contributed by atoms with E-state index in [1.165, 1.54) is 6.92 Å². The van der Waals surface area contributed by atoms with Crippen LogP contribution < -0.4 is 0 Å². The van der Waals surface area contributed by atoms with Gasteiger partial charge in [0.25, 0.3) is 0 Å². The molecule has 0 spiro atoms. The van der Waals surface area contributed by atoms with Crippen molar-refractivity contribution in [3.8, 4) is 0 Å². The van der Waals surface area contributed by atoms with Gasteiger partial charge in [0, 0.05) is 6.08 Å². The summed E-state index contributed by atoms with van der Waals surface area (Å²) in [6, 6.07) is 0. The number of halogens is 1. The smallest absolute Gasteiger partial charge is 0.192 e. The summed E-state index contributed by atoms with van der Waals surface area (Å²) < 4.78 is 0. The Morgan fingerprint density at radius 2 is 2.09 bits per heavy atom. The Morgan fingerprint density at radius 3 is 2.27 bits per heavy atom. The molecular weight excluding hydrogens is 168 g/mol. The summed E-state index contributed by atoms with van der Waals surface area (Å²) in [4.78, 5) is 32.4. The van der Waals surface area contributed by atoms with E-state index >= 15 is 0 Å². The molecule has 1 unspecified atom stereocenters. The van der Waals surface area contributed by atoms with E-state index in [-0.39, 0.29) is 5.03 Å². The van der Waals surface area contributed by atoms with E-state index in [0.29, 0.717) is 0 Å². The van der Waals surface area contributed by atoms with Gasteiger partial charge in [-0.05, 0) is 6.92 Å². The lowest BCUT2D eigenvalue weighted by Gasteiger charge is -1.98. The van der Waals surface area contributed by atoms with Crippen LogP contribution in [0.5, 0.6) is 0 Å². The van der Waals surface area contributed by atoms with Gasteiger partial charge in [0.2, 0.25) is 0 Å². The fourth-order valence-electron chi connectivity index (χ4n) is 0.931. The first kappa shape index (κ1) is 8.14. The van der Waals surface area contributed by atoms with Crippen LogP contribution in [0.25, 0.3) is 0 Å². The van der Waals surface area contributed by atoms with Crippen LogP contribution in [0.15, 0.2) is 11.1 Å². The number of rotatable bonds is 1. The molecule has 0 radical (unpaired) electrons. The minimum absolute atomic E-state index is 0.143. The highest BCUT2D eigenvalue weighted by atomic mass is 35.5. The maximum atomic E-state index is 10.9. The van der Waals surface area contributed by atoms with Gasteiger partial charge in [-0.1, -0.05) is 11.6 Å². The average Bonchev–Trinajstić information content (AvgIpc) is 2.07. The van der Waals surface area contributed by atoms with Gasteiger partial charge in [-0.15, -0.1) is 0 Å². The summed E-state index contributed by atoms with van der Waals surface area (Å²) in [5, 5.41) is -0.143. The topological polar surface area (TPSA) is 51.2 Å². The molecule has 0 saturated heterocycles. The molecule has 0 aliphatic heterocycles. The van der Waals surface area contributed by atoms with Gasteiger partial charge in [0.05, 0.1) is 5.03 Å². The normalized spacial score (nSPS) is 23.8. The summed E-state index contributed by atoms with van der Waals surface area (Å²) in [5.41, 5.74) is 0. The van der Waals surface area contributed by atoms with Crippen molar-refractivity contribution in [2.24, 2.45) is 5.92 Å². The quantitative estimate of drug-likeness (QED) is 0.540. The largest absolute Gasteiger partial charge is 0.299 e. The lowest BCUT2D eigenvalue weighted by molar-refractivity contribution is -0.134. The summed E-state index contributed by atoms with van der Waals surface area (Å²) in [6.45, 7) is 1.20. The zero-order valence-corrected chi connectivity index (χ0v) is 6.51. The summed E-state index contributed by atoms with van der Waals surface area (Å²) in [6.07, 6.45) is 0.996. The van der Waals surface area contributed by atoms with Crippen molar-refractivity contribution in [2.75, 3.05) is 0 Å². The minimum atomic E-state index is -1.16. The van der Waals surface area contributed by atoms with Gasteiger partial charge in [0.15, 0.2) is 11.6 Å². The number of carbonyl (C=O) groups is 3.